The molecule has 23 heavy (non-hydrogen) atoms. The number of methoxy groups -OCH3 is 1. The Kier molecular flexibility index (Phi) is 6.67. The van der Waals surface area contributed by atoms with Crippen LogP contribution in [-0.2, 0) is 4.79 Å². The van der Waals surface area contributed by atoms with Crippen LogP contribution in [0.15, 0.2) is 24.3 Å². The van der Waals surface area contributed by atoms with Crippen molar-refractivity contribution in [3.63, 3.8) is 0 Å². The Morgan fingerprint density at radius 2 is 2.04 bits per heavy atom. The van der Waals surface area contributed by atoms with E-state index in [4.69, 9.17) is 9.47 Å². The summed E-state index contributed by atoms with van der Waals surface area (Å²) in [5.74, 6) is 1.44. The number of hydrogen-bond acceptors (Lipinski definition) is 5. The Hall–Kier alpha value is -1.79. The number of likely N-dealkylation sites (N-methyl/N-ethyl adjacent to an activating group) is 1. The molecule has 1 aromatic carbocycles. The number of rotatable bonds is 7. The second kappa shape index (κ2) is 8.74. The van der Waals surface area contributed by atoms with Crippen molar-refractivity contribution in [1.82, 2.24) is 15.1 Å². The molecule has 0 spiro atoms. The summed E-state index contributed by atoms with van der Waals surface area (Å²) >= 11 is 0. The normalized spacial score (nSPS) is 19.3. The van der Waals surface area contributed by atoms with Gasteiger partial charge in [-0.25, -0.2) is 0 Å². The van der Waals surface area contributed by atoms with Crippen LogP contribution in [0, 0.1) is 0 Å². The molecule has 6 nitrogen and oxygen atoms in total. The van der Waals surface area contributed by atoms with Crippen molar-refractivity contribution < 1.29 is 14.3 Å². The van der Waals surface area contributed by atoms with Gasteiger partial charge in [-0.3, -0.25) is 9.69 Å². The minimum Gasteiger partial charge on any atom is -0.493 e. The second-order valence-electron chi connectivity index (χ2n) is 5.93. The number of carbonyl (C=O) groups is 1. The second-order valence-corrected chi connectivity index (χ2v) is 5.93. The van der Waals surface area contributed by atoms with Gasteiger partial charge in [-0.15, -0.1) is 0 Å². The van der Waals surface area contributed by atoms with Gasteiger partial charge in [-0.1, -0.05) is 12.1 Å². The molecule has 2 rings (SSSR count). The molecular weight excluding hydrogens is 294 g/mol. The Labute approximate surface area is 138 Å². The van der Waals surface area contributed by atoms with Crippen LogP contribution in [0.1, 0.15) is 6.92 Å². The van der Waals surface area contributed by atoms with E-state index in [2.05, 4.69) is 29.1 Å². The average molecular weight is 321 g/mol. The molecule has 0 saturated carbocycles. The van der Waals surface area contributed by atoms with Crippen molar-refractivity contribution >= 4 is 5.91 Å². The summed E-state index contributed by atoms with van der Waals surface area (Å²) in [4.78, 5) is 16.5. The first-order valence-corrected chi connectivity index (χ1v) is 8.05. The van der Waals surface area contributed by atoms with E-state index >= 15 is 0 Å². The largest absolute Gasteiger partial charge is 0.493 e. The molecule has 1 saturated heterocycles. The van der Waals surface area contributed by atoms with E-state index in [-0.39, 0.29) is 5.91 Å². The van der Waals surface area contributed by atoms with Crippen molar-refractivity contribution in [1.29, 1.82) is 0 Å². The van der Waals surface area contributed by atoms with Gasteiger partial charge >= 0.3 is 0 Å². The van der Waals surface area contributed by atoms with E-state index in [9.17, 15) is 4.79 Å². The monoisotopic (exact) mass is 321 g/mol. The van der Waals surface area contributed by atoms with Gasteiger partial charge < -0.3 is 19.7 Å². The molecule has 1 fully saturated rings. The summed E-state index contributed by atoms with van der Waals surface area (Å²) in [6, 6.07) is 7.90. The number of amides is 1. The molecule has 0 aliphatic carbocycles. The fourth-order valence-electron chi connectivity index (χ4n) is 2.74. The van der Waals surface area contributed by atoms with Crippen LogP contribution >= 0.6 is 0 Å². The SMILES string of the molecule is COc1ccccc1OCCNC(=O)CN1CCN(C)C[C@@H]1C. The summed E-state index contributed by atoms with van der Waals surface area (Å²) < 4.78 is 10.9. The molecule has 0 radical (unpaired) electrons. The Bertz CT molecular complexity index is 510. The summed E-state index contributed by atoms with van der Waals surface area (Å²) in [6.45, 7) is 6.46. The maximum absolute atomic E-state index is 12.0. The number of carbonyl (C=O) groups excluding carboxylic acids is 1. The van der Waals surface area contributed by atoms with Crippen LogP contribution < -0.4 is 14.8 Å². The van der Waals surface area contributed by atoms with Crippen molar-refractivity contribution in [2.45, 2.75) is 13.0 Å². The van der Waals surface area contributed by atoms with Gasteiger partial charge in [-0.2, -0.15) is 0 Å². The number of piperazine rings is 1. The molecule has 128 valence electrons. The van der Waals surface area contributed by atoms with Gasteiger partial charge in [-0.05, 0) is 26.1 Å². The zero-order valence-corrected chi connectivity index (χ0v) is 14.2. The highest BCUT2D eigenvalue weighted by Gasteiger charge is 2.22. The lowest BCUT2D eigenvalue weighted by molar-refractivity contribution is -0.123. The van der Waals surface area contributed by atoms with Crippen molar-refractivity contribution in [3.8, 4) is 11.5 Å². The first kappa shape index (κ1) is 17.6. The van der Waals surface area contributed by atoms with Crippen LogP contribution in [0.2, 0.25) is 0 Å². The van der Waals surface area contributed by atoms with Crippen molar-refractivity contribution in [3.05, 3.63) is 24.3 Å². The molecule has 1 amide bonds. The van der Waals surface area contributed by atoms with Crippen LogP contribution in [0.5, 0.6) is 11.5 Å². The zero-order valence-electron chi connectivity index (χ0n) is 14.2. The number of nitrogens with one attached hydrogen (secondary N) is 1. The molecule has 6 heteroatoms. The minimum absolute atomic E-state index is 0.0463. The molecule has 0 aromatic heterocycles. The molecule has 1 atom stereocenters. The molecule has 0 unspecified atom stereocenters. The van der Waals surface area contributed by atoms with Gasteiger partial charge in [0.1, 0.15) is 6.61 Å². The maximum Gasteiger partial charge on any atom is 0.234 e. The fraction of sp³-hybridized carbons (Fsp3) is 0.588. The van der Waals surface area contributed by atoms with Crippen molar-refractivity contribution in [2.75, 3.05) is 53.5 Å². The third kappa shape index (κ3) is 5.41. The first-order chi connectivity index (χ1) is 11.1. The Morgan fingerprint density at radius 1 is 1.30 bits per heavy atom. The van der Waals surface area contributed by atoms with Crippen LogP contribution in [0.25, 0.3) is 0 Å². The van der Waals surface area contributed by atoms with Crippen LogP contribution in [0.3, 0.4) is 0 Å². The number of hydrogen-bond donors (Lipinski definition) is 1. The van der Waals surface area contributed by atoms with Gasteiger partial charge in [0.05, 0.1) is 20.2 Å². The number of benzene rings is 1. The quantitative estimate of drug-likeness (QED) is 0.754. The molecule has 1 N–H and O–H groups in total. The van der Waals surface area contributed by atoms with E-state index in [1.165, 1.54) is 0 Å². The standard InChI is InChI=1S/C17H27N3O3/c1-14-12-19(2)9-10-20(14)13-17(21)18-8-11-23-16-7-5-4-6-15(16)22-3/h4-7,14H,8-13H2,1-3H3,(H,18,21)/t14-/m0/s1. The lowest BCUT2D eigenvalue weighted by Crippen LogP contribution is -2.53. The molecule has 1 aliphatic heterocycles. The smallest absolute Gasteiger partial charge is 0.234 e. The van der Waals surface area contributed by atoms with E-state index in [1.54, 1.807) is 7.11 Å². The Balaban J connectivity index is 1.67. The Morgan fingerprint density at radius 3 is 2.74 bits per heavy atom. The third-order valence-electron chi connectivity index (χ3n) is 4.07. The van der Waals surface area contributed by atoms with Crippen LogP contribution in [0.4, 0.5) is 0 Å². The van der Waals surface area contributed by atoms with Crippen LogP contribution in [-0.4, -0.2) is 75.2 Å². The number of para-hydroxylation sites is 2. The first-order valence-electron chi connectivity index (χ1n) is 8.05. The highest BCUT2D eigenvalue weighted by Crippen LogP contribution is 2.25. The van der Waals surface area contributed by atoms with Gasteiger partial charge in [0.15, 0.2) is 11.5 Å². The van der Waals surface area contributed by atoms with E-state index in [0.717, 1.165) is 19.6 Å². The number of ether oxygens (including phenoxy) is 2. The molecule has 1 aromatic rings. The van der Waals surface area contributed by atoms with E-state index < -0.39 is 0 Å². The molecule has 1 heterocycles. The third-order valence-corrected chi connectivity index (χ3v) is 4.07. The topological polar surface area (TPSA) is 54.0 Å². The highest BCUT2D eigenvalue weighted by atomic mass is 16.5. The summed E-state index contributed by atoms with van der Waals surface area (Å²) in [5.41, 5.74) is 0. The lowest BCUT2D eigenvalue weighted by Gasteiger charge is -2.37. The fourth-order valence-corrected chi connectivity index (χ4v) is 2.74. The predicted octanol–water partition coefficient (Wildman–Crippen LogP) is 0.826. The summed E-state index contributed by atoms with van der Waals surface area (Å²) in [5, 5.41) is 2.91. The van der Waals surface area contributed by atoms with Crippen molar-refractivity contribution in [2.24, 2.45) is 0 Å². The van der Waals surface area contributed by atoms with Gasteiger partial charge in [0.25, 0.3) is 0 Å². The lowest BCUT2D eigenvalue weighted by atomic mass is 10.2. The van der Waals surface area contributed by atoms with Gasteiger partial charge in [0, 0.05) is 25.7 Å². The number of nitrogens with zero attached hydrogens (tertiary/aromatic N) is 2. The van der Waals surface area contributed by atoms with E-state index in [0.29, 0.717) is 37.2 Å². The van der Waals surface area contributed by atoms with Gasteiger partial charge in [0.2, 0.25) is 5.91 Å². The molecule has 1 aliphatic rings. The summed E-state index contributed by atoms with van der Waals surface area (Å²) in [6.07, 6.45) is 0. The molecule has 0 bridgehead atoms. The summed E-state index contributed by atoms with van der Waals surface area (Å²) in [7, 11) is 3.73. The molecular formula is C17H27N3O3. The highest BCUT2D eigenvalue weighted by molar-refractivity contribution is 5.78. The average Bonchev–Trinajstić information content (AvgIpc) is 2.54. The zero-order chi connectivity index (χ0) is 16.7. The van der Waals surface area contributed by atoms with E-state index in [1.807, 2.05) is 24.3 Å². The minimum atomic E-state index is 0.0463. The maximum atomic E-state index is 12.0. The predicted molar refractivity (Wildman–Crippen MR) is 90.0 cm³/mol.